The number of benzene rings is 2. The Bertz CT molecular complexity index is 999. The number of nitrogens with zero attached hydrogens (tertiary/aromatic N) is 3. The van der Waals surface area contributed by atoms with Gasteiger partial charge in [-0.15, -0.1) is 0 Å². The zero-order chi connectivity index (χ0) is 18.8. The van der Waals surface area contributed by atoms with Gasteiger partial charge in [0.15, 0.2) is 0 Å². The number of rotatable bonds is 4. The molecule has 0 amide bonds. The van der Waals surface area contributed by atoms with Crippen LogP contribution in [0.3, 0.4) is 0 Å². The van der Waals surface area contributed by atoms with Crippen LogP contribution in [0.2, 0.25) is 0 Å². The van der Waals surface area contributed by atoms with Crippen molar-refractivity contribution in [2.75, 3.05) is 11.5 Å². The van der Waals surface area contributed by atoms with E-state index in [0.29, 0.717) is 13.2 Å². The molecule has 2 aromatic carbocycles. The van der Waals surface area contributed by atoms with E-state index in [4.69, 9.17) is 4.74 Å². The van der Waals surface area contributed by atoms with E-state index in [-0.39, 0.29) is 5.82 Å². The first-order chi connectivity index (χ1) is 13.2. The molecule has 0 radical (unpaired) electrons. The van der Waals surface area contributed by atoms with Gasteiger partial charge in [0.2, 0.25) is 0 Å². The van der Waals surface area contributed by atoms with Crippen molar-refractivity contribution in [3.63, 3.8) is 0 Å². The summed E-state index contributed by atoms with van der Waals surface area (Å²) in [5.74, 6) is 0.604. The molecule has 2 heterocycles. The zero-order valence-electron chi connectivity index (χ0n) is 15.3. The third kappa shape index (κ3) is 3.40. The molecule has 1 aliphatic rings. The largest absolute Gasteiger partial charge is 0.494 e. The highest BCUT2D eigenvalue weighted by molar-refractivity contribution is 5.83. The minimum Gasteiger partial charge on any atom is -0.494 e. The van der Waals surface area contributed by atoms with Gasteiger partial charge in [0.25, 0.3) is 0 Å². The molecular formula is C22H20FN3O. The number of ether oxygens (including phenoxy) is 1. The van der Waals surface area contributed by atoms with Crippen LogP contribution in [0, 0.1) is 12.7 Å². The summed E-state index contributed by atoms with van der Waals surface area (Å²) in [7, 11) is 0. The fraction of sp³-hybridized carbons (Fsp3) is 0.182. The molecule has 0 aliphatic carbocycles. The van der Waals surface area contributed by atoms with Crippen LogP contribution in [0.1, 0.15) is 29.4 Å². The molecule has 4 nitrogen and oxygen atoms in total. The van der Waals surface area contributed by atoms with Crippen molar-refractivity contribution in [3.8, 4) is 5.75 Å². The normalized spacial score (nSPS) is 13.1. The second-order valence-corrected chi connectivity index (χ2v) is 6.41. The fourth-order valence-electron chi connectivity index (χ4n) is 3.33. The molecule has 0 bridgehead atoms. The molecule has 3 aromatic rings. The first-order valence-electron chi connectivity index (χ1n) is 8.94. The van der Waals surface area contributed by atoms with E-state index >= 15 is 0 Å². The second kappa shape index (κ2) is 7.19. The van der Waals surface area contributed by atoms with Crippen LogP contribution in [0.25, 0.3) is 5.57 Å². The Morgan fingerprint density at radius 2 is 1.85 bits per heavy atom. The van der Waals surface area contributed by atoms with Gasteiger partial charge in [-0.1, -0.05) is 12.1 Å². The van der Waals surface area contributed by atoms with Gasteiger partial charge >= 0.3 is 0 Å². The Labute approximate surface area is 158 Å². The molecule has 0 saturated carbocycles. The number of hydrogen-bond donors (Lipinski definition) is 0. The second-order valence-electron chi connectivity index (χ2n) is 6.41. The van der Waals surface area contributed by atoms with Gasteiger partial charge in [-0.2, -0.15) is 0 Å². The molecule has 5 heteroatoms. The van der Waals surface area contributed by atoms with Gasteiger partial charge in [-0.05, 0) is 55.3 Å². The molecule has 1 aliphatic heterocycles. The highest BCUT2D eigenvalue weighted by Gasteiger charge is 2.22. The van der Waals surface area contributed by atoms with E-state index in [9.17, 15) is 4.39 Å². The first-order valence-corrected chi connectivity index (χ1v) is 8.94. The maximum Gasteiger partial charge on any atom is 0.123 e. The molecule has 0 unspecified atom stereocenters. The number of hydrogen-bond acceptors (Lipinski definition) is 4. The van der Waals surface area contributed by atoms with Gasteiger partial charge in [0.05, 0.1) is 24.5 Å². The molecule has 136 valence electrons. The molecule has 27 heavy (non-hydrogen) atoms. The number of halogens is 1. The van der Waals surface area contributed by atoms with Gasteiger partial charge in [-0.25, -0.2) is 4.39 Å². The standard InChI is InChI=1S/C22H20FN3O/c1-3-27-18-8-9-21(15(2)12-18)26-13-19(16-4-6-17(23)7-5-16)22-20(14-26)24-10-11-25-22/h4-13H,3,14H2,1-2H3. The van der Waals surface area contributed by atoms with Crippen LogP contribution >= 0.6 is 0 Å². The summed E-state index contributed by atoms with van der Waals surface area (Å²) >= 11 is 0. The smallest absolute Gasteiger partial charge is 0.123 e. The lowest BCUT2D eigenvalue weighted by Gasteiger charge is -2.29. The zero-order valence-corrected chi connectivity index (χ0v) is 15.3. The SMILES string of the molecule is CCOc1ccc(N2C=C(c3ccc(F)cc3)c3nccnc3C2)c(C)c1. The topological polar surface area (TPSA) is 38.2 Å². The van der Waals surface area contributed by atoms with Crippen LogP contribution < -0.4 is 9.64 Å². The lowest BCUT2D eigenvalue weighted by molar-refractivity contribution is 0.340. The minimum atomic E-state index is -0.256. The summed E-state index contributed by atoms with van der Waals surface area (Å²) < 4.78 is 19.0. The van der Waals surface area contributed by atoms with Gasteiger partial charge in [0.1, 0.15) is 11.6 Å². The highest BCUT2D eigenvalue weighted by atomic mass is 19.1. The van der Waals surface area contributed by atoms with E-state index < -0.39 is 0 Å². The Morgan fingerprint density at radius 3 is 2.59 bits per heavy atom. The number of aromatic nitrogens is 2. The number of aryl methyl sites for hydroxylation is 1. The summed E-state index contributed by atoms with van der Waals surface area (Å²) in [6, 6.07) is 12.5. The average molecular weight is 361 g/mol. The van der Waals surface area contributed by atoms with Crippen molar-refractivity contribution in [1.82, 2.24) is 9.97 Å². The molecule has 1 aromatic heterocycles. The van der Waals surface area contributed by atoms with Crippen molar-refractivity contribution >= 4 is 11.3 Å². The van der Waals surface area contributed by atoms with Gasteiger partial charge < -0.3 is 9.64 Å². The monoisotopic (exact) mass is 361 g/mol. The summed E-state index contributed by atoms with van der Waals surface area (Å²) in [4.78, 5) is 11.2. The van der Waals surface area contributed by atoms with Crippen molar-refractivity contribution < 1.29 is 9.13 Å². The third-order valence-electron chi connectivity index (χ3n) is 4.58. The molecule has 0 N–H and O–H groups in total. The number of anilines is 1. The third-order valence-corrected chi connectivity index (χ3v) is 4.58. The van der Waals surface area contributed by atoms with Crippen LogP contribution in [0.5, 0.6) is 5.75 Å². The Hall–Kier alpha value is -3.21. The maximum atomic E-state index is 13.4. The lowest BCUT2D eigenvalue weighted by atomic mass is 9.98. The molecule has 4 rings (SSSR count). The van der Waals surface area contributed by atoms with E-state index in [1.807, 2.05) is 19.1 Å². The van der Waals surface area contributed by atoms with Crippen molar-refractivity contribution in [2.24, 2.45) is 0 Å². The van der Waals surface area contributed by atoms with Crippen molar-refractivity contribution in [3.05, 3.63) is 89.4 Å². The van der Waals surface area contributed by atoms with Gasteiger partial charge in [-0.3, -0.25) is 9.97 Å². The molecule has 0 fully saturated rings. The summed E-state index contributed by atoms with van der Waals surface area (Å²) in [5.41, 5.74) is 5.76. The van der Waals surface area contributed by atoms with E-state index in [1.54, 1.807) is 24.5 Å². The van der Waals surface area contributed by atoms with E-state index in [0.717, 1.165) is 39.5 Å². The van der Waals surface area contributed by atoms with E-state index in [2.05, 4.69) is 34.1 Å². The van der Waals surface area contributed by atoms with Crippen molar-refractivity contribution in [2.45, 2.75) is 20.4 Å². The van der Waals surface area contributed by atoms with Crippen LogP contribution in [-0.2, 0) is 6.54 Å². The predicted octanol–water partition coefficient (Wildman–Crippen LogP) is 4.73. The average Bonchev–Trinajstić information content (AvgIpc) is 2.68. The van der Waals surface area contributed by atoms with Crippen LogP contribution in [0.15, 0.2) is 61.1 Å². The summed E-state index contributed by atoms with van der Waals surface area (Å²) in [5, 5.41) is 0. The van der Waals surface area contributed by atoms with E-state index in [1.165, 1.54) is 12.1 Å². The molecular weight excluding hydrogens is 341 g/mol. The Balaban J connectivity index is 1.79. The quantitative estimate of drug-likeness (QED) is 0.673. The minimum absolute atomic E-state index is 0.256. The Morgan fingerprint density at radius 1 is 1.07 bits per heavy atom. The lowest BCUT2D eigenvalue weighted by Crippen LogP contribution is -2.24. The molecule has 0 spiro atoms. The summed E-state index contributed by atoms with van der Waals surface area (Å²) in [6.07, 6.45) is 5.45. The van der Waals surface area contributed by atoms with Gasteiger partial charge in [0, 0.05) is 29.9 Å². The van der Waals surface area contributed by atoms with Crippen LogP contribution in [-0.4, -0.2) is 16.6 Å². The predicted molar refractivity (Wildman–Crippen MR) is 104 cm³/mol. The molecule has 0 saturated heterocycles. The molecule has 0 atom stereocenters. The summed E-state index contributed by atoms with van der Waals surface area (Å²) in [6.45, 7) is 5.30. The number of fused-ring (bicyclic) bond motifs is 1. The highest BCUT2D eigenvalue weighted by Crippen LogP contribution is 2.34. The maximum absolute atomic E-state index is 13.4. The van der Waals surface area contributed by atoms with Crippen molar-refractivity contribution in [1.29, 1.82) is 0 Å². The first kappa shape index (κ1) is 17.2. The van der Waals surface area contributed by atoms with Crippen LogP contribution in [0.4, 0.5) is 10.1 Å². The Kier molecular flexibility index (Phi) is 4.59. The fourth-order valence-corrected chi connectivity index (χ4v) is 3.33.